The van der Waals surface area contributed by atoms with Gasteiger partial charge in [-0.25, -0.2) is 4.79 Å². The highest BCUT2D eigenvalue weighted by Crippen LogP contribution is 2.40. The van der Waals surface area contributed by atoms with Crippen LogP contribution in [0.5, 0.6) is 0 Å². The second-order valence-electron chi connectivity index (χ2n) is 7.89. The van der Waals surface area contributed by atoms with E-state index in [1.54, 1.807) is 0 Å². The Morgan fingerprint density at radius 3 is 2.40 bits per heavy atom. The normalized spacial score (nSPS) is 25.5. The van der Waals surface area contributed by atoms with Crippen molar-refractivity contribution >= 4 is 6.09 Å². The van der Waals surface area contributed by atoms with Crippen molar-refractivity contribution in [2.75, 3.05) is 13.1 Å². The van der Waals surface area contributed by atoms with E-state index in [1.165, 1.54) is 12.8 Å². The van der Waals surface area contributed by atoms with E-state index in [-0.39, 0.29) is 6.09 Å². The molecule has 0 heterocycles. The van der Waals surface area contributed by atoms with Crippen LogP contribution in [0.4, 0.5) is 4.79 Å². The molecule has 1 amide bonds. The van der Waals surface area contributed by atoms with Crippen molar-refractivity contribution in [3.05, 3.63) is 0 Å². The van der Waals surface area contributed by atoms with Gasteiger partial charge in [-0.3, -0.25) is 0 Å². The second-order valence-corrected chi connectivity index (χ2v) is 7.89. The zero-order valence-corrected chi connectivity index (χ0v) is 14.0. The number of rotatable bonds is 5. The maximum atomic E-state index is 11.5. The fourth-order valence-corrected chi connectivity index (χ4v) is 3.05. The first-order valence-corrected chi connectivity index (χ1v) is 7.79. The summed E-state index contributed by atoms with van der Waals surface area (Å²) in [5.41, 5.74) is 0.0407. The van der Waals surface area contributed by atoms with E-state index < -0.39 is 5.60 Å². The molecular formula is C16H32N2O2. The highest BCUT2D eigenvalue weighted by molar-refractivity contribution is 5.67. The predicted molar refractivity (Wildman–Crippen MR) is 82.8 cm³/mol. The lowest BCUT2D eigenvalue weighted by molar-refractivity contribution is 0.0527. The molecule has 4 heteroatoms. The Bertz CT molecular complexity index is 321. The minimum absolute atomic E-state index is 0.326. The molecule has 20 heavy (non-hydrogen) atoms. The molecule has 118 valence electrons. The van der Waals surface area contributed by atoms with Crippen molar-refractivity contribution in [3.63, 3.8) is 0 Å². The second kappa shape index (κ2) is 6.79. The number of hydrogen-bond acceptors (Lipinski definition) is 3. The van der Waals surface area contributed by atoms with Crippen LogP contribution in [0, 0.1) is 11.3 Å². The SMILES string of the molecule is CC1CC(C)(C)CC1NCCCNC(=O)OC(C)(C)C. The standard InChI is InChI=1S/C16H32N2O2/c1-12-10-16(5,6)11-13(12)17-8-7-9-18-14(19)20-15(2,3)4/h12-13,17H,7-11H2,1-6H3,(H,18,19). The number of amides is 1. The van der Waals surface area contributed by atoms with Gasteiger partial charge in [-0.15, -0.1) is 0 Å². The van der Waals surface area contributed by atoms with Crippen molar-refractivity contribution in [1.82, 2.24) is 10.6 Å². The molecule has 0 aliphatic heterocycles. The van der Waals surface area contributed by atoms with Crippen molar-refractivity contribution in [1.29, 1.82) is 0 Å². The van der Waals surface area contributed by atoms with E-state index in [9.17, 15) is 4.79 Å². The third kappa shape index (κ3) is 6.60. The molecule has 2 N–H and O–H groups in total. The summed E-state index contributed by atoms with van der Waals surface area (Å²) < 4.78 is 5.19. The van der Waals surface area contributed by atoms with Gasteiger partial charge in [0, 0.05) is 12.6 Å². The molecule has 1 aliphatic carbocycles. The molecule has 2 unspecified atom stereocenters. The van der Waals surface area contributed by atoms with Crippen LogP contribution in [-0.2, 0) is 4.74 Å². The number of ether oxygens (including phenoxy) is 1. The third-order valence-electron chi connectivity index (χ3n) is 3.76. The lowest BCUT2D eigenvalue weighted by Gasteiger charge is -2.20. The summed E-state index contributed by atoms with van der Waals surface area (Å²) >= 11 is 0. The van der Waals surface area contributed by atoms with Gasteiger partial charge in [0.15, 0.2) is 0 Å². The van der Waals surface area contributed by atoms with Gasteiger partial charge in [0.05, 0.1) is 0 Å². The van der Waals surface area contributed by atoms with Gasteiger partial charge < -0.3 is 15.4 Å². The summed E-state index contributed by atoms with van der Waals surface area (Å²) in [4.78, 5) is 11.5. The molecule has 1 rings (SSSR count). The predicted octanol–water partition coefficient (Wildman–Crippen LogP) is 3.32. The van der Waals surface area contributed by atoms with Crippen LogP contribution in [0.3, 0.4) is 0 Å². The Hall–Kier alpha value is -0.770. The number of carbonyl (C=O) groups excluding carboxylic acids is 1. The fourth-order valence-electron chi connectivity index (χ4n) is 3.05. The molecule has 1 saturated carbocycles. The molecule has 1 aliphatic rings. The van der Waals surface area contributed by atoms with Crippen LogP contribution >= 0.6 is 0 Å². The highest BCUT2D eigenvalue weighted by Gasteiger charge is 2.35. The summed E-state index contributed by atoms with van der Waals surface area (Å²) in [6.45, 7) is 14.2. The van der Waals surface area contributed by atoms with Crippen LogP contribution in [0.2, 0.25) is 0 Å². The molecule has 0 aromatic heterocycles. The molecular weight excluding hydrogens is 252 g/mol. The van der Waals surface area contributed by atoms with E-state index in [0.29, 0.717) is 18.0 Å². The number of nitrogens with one attached hydrogen (secondary N) is 2. The van der Waals surface area contributed by atoms with Crippen LogP contribution in [0.1, 0.15) is 60.8 Å². The molecule has 0 spiro atoms. The smallest absolute Gasteiger partial charge is 0.407 e. The number of hydrogen-bond donors (Lipinski definition) is 2. The monoisotopic (exact) mass is 284 g/mol. The minimum atomic E-state index is -0.423. The zero-order valence-electron chi connectivity index (χ0n) is 14.0. The topological polar surface area (TPSA) is 50.4 Å². The Balaban J connectivity index is 2.10. The van der Waals surface area contributed by atoms with Crippen LogP contribution < -0.4 is 10.6 Å². The Kier molecular flexibility index (Phi) is 5.87. The Morgan fingerprint density at radius 1 is 1.25 bits per heavy atom. The molecule has 0 aromatic carbocycles. The van der Waals surface area contributed by atoms with Gasteiger partial charge in [-0.05, 0) is 57.9 Å². The van der Waals surface area contributed by atoms with Crippen molar-refractivity contribution < 1.29 is 9.53 Å². The highest BCUT2D eigenvalue weighted by atomic mass is 16.6. The van der Waals surface area contributed by atoms with Gasteiger partial charge in [-0.2, -0.15) is 0 Å². The summed E-state index contributed by atoms with van der Waals surface area (Å²) in [6.07, 6.45) is 3.14. The zero-order chi connectivity index (χ0) is 15.4. The van der Waals surface area contributed by atoms with Crippen LogP contribution in [0.15, 0.2) is 0 Å². The van der Waals surface area contributed by atoms with Crippen molar-refractivity contribution in [3.8, 4) is 0 Å². The molecule has 2 atom stereocenters. The van der Waals surface area contributed by atoms with E-state index in [4.69, 9.17) is 4.74 Å². The summed E-state index contributed by atoms with van der Waals surface area (Å²) in [5.74, 6) is 0.740. The number of carbonyl (C=O) groups is 1. The number of alkyl carbamates (subject to hydrolysis) is 1. The van der Waals surface area contributed by atoms with Gasteiger partial charge in [0.1, 0.15) is 5.60 Å². The fraction of sp³-hybridized carbons (Fsp3) is 0.938. The van der Waals surface area contributed by atoms with Gasteiger partial charge in [0.25, 0.3) is 0 Å². The van der Waals surface area contributed by atoms with E-state index >= 15 is 0 Å². The van der Waals surface area contributed by atoms with Crippen molar-refractivity contribution in [2.45, 2.75) is 72.4 Å². The molecule has 0 radical (unpaired) electrons. The largest absolute Gasteiger partial charge is 0.444 e. The molecule has 0 saturated heterocycles. The Morgan fingerprint density at radius 2 is 1.90 bits per heavy atom. The van der Waals surface area contributed by atoms with Gasteiger partial charge >= 0.3 is 6.09 Å². The maximum Gasteiger partial charge on any atom is 0.407 e. The van der Waals surface area contributed by atoms with Gasteiger partial charge in [0.2, 0.25) is 0 Å². The maximum absolute atomic E-state index is 11.5. The summed E-state index contributed by atoms with van der Waals surface area (Å²) in [6, 6.07) is 0.617. The first kappa shape index (κ1) is 17.3. The van der Waals surface area contributed by atoms with E-state index in [0.717, 1.165) is 18.9 Å². The minimum Gasteiger partial charge on any atom is -0.444 e. The molecule has 0 bridgehead atoms. The van der Waals surface area contributed by atoms with E-state index in [2.05, 4.69) is 31.4 Å². The first-order chi connectivity index (χ1) is 9.09. The quantitative estimate of drug-likeness (QED) is 0.761. The molecule has 0 aromatic rings. The lowest BCUT2D eigenvalue weighted by Crippen LogP contribution is -2.36. The molecule has 4 nitrogen and oxygen atoms in total. The lowest BCUT2D eigenvalue weighted by atomic mass is 9.91. The first-order valence-electron chi connectivity index (χ1n) is 7.79. The van der Waals surface area contributed by atoms with E-state index in [1.807, 2.05) is 20.8 Å². The average molecular weight is 284 g/mol. The summed E-state index contributed by atoms with van der Waals surface area (Å²) in [7, 11) is 0. The van der Waals surface area contributed by atoms with Crippen LogP contribution in [-0.4, -0.2) is 30.8 Å². The molecule has 1 fully saturated rings. The Labute approximate surface area is 124 Å². The van der Waals surface area contributed by atoms with Crippen molar-refractivity contribution in [2.24, 2.45) is 11.3 Å². The summed E-state index contributed by atoms with van der Waals surface area (Å²) in [5, 5.41) is 6.41. The average Bonchev–Trinajstić information content (AvgIpc) is 2.48. The third-order valence-corrected chi connectivity index (χ3v) is 3.76. The van der Waals surface area contributed by atoms with Crippen LogP contribution in [0.25, 0.3) is 0 Å². The van der Waals surface area contributed by atoms with Gasteiger partial charge in [-0.1, -0.05) is 20.8 Å².